The van der Waals surface area contributed by atoms with Crippen molar-refractivity contribution in [3.63, 3.8) is 0 Å². The number of carbonyl (C=O) groups is 1. The van der Waals surface area contributed by atoms with Crippen LogP contribution in [-0.4, -0.2) is 28.2 Å². The molecule has 0 bridgehead atoms. The van der Waals surface area contributed by atoms with E-state index in [-0.39, 0.29) is 24.2 Å². The monoisotopic (exact) mass is 332 g/mol. The molecule has 126 valence electrons. The van der Waals surface area contributed by atoms with Crippen molar-refractivity contribution in [3.8, 4) is 5.75 Å². The molecule has 6 nitrogen and oxygen atoms in total. The van der Waals surface area contributed by atoms with Crippen molar-refractivity contribution >= 4 is 18.1 Å². The van der Waals surface area contributed by atoms with Crippen molar-refractivity contribution in [2.45, 2.75) is 19.8 Å². The van der Waals surface area contributed by atoms with E-state index in [4.69, 9.17) is 9.84 Å². The Balaban J connectivity index is 2.22. The average Bonchev–Trinajstić information content (AvgIpc) is 2.52. The van der Waals surface area contributed by atoms with Gasteiger partial charge in [0.05, 0.1) is 7.11 Å². The number of H-pyrrole nitrogens is 1. The van der Waals surface area contributed by atoms with Crippen LogP contribution in [0.4, 0.5) is 4.39 Å². The zero-order chi connectivity index (χ0) is 17.7. The van der Waals surface area contributed by atoms with Crippen LogP contribution >= 0.6 is 0 Å². The molecule has 0 atom stereocenters. The summed E-state index contributed by atoms with van der Waals surface area (Å²) in [7, 11) is 1.39. The highest BCUT2D eigenvalue weighted by atomic mass is 19.1. The molecule has 0 spiro atoms. The minimum atomic E-state index is -0.973. The standard InChI is InChI=1S/C17H17FN2O4/c1-10-12(5-8-16(21)22)17(23)20-15(19-10)7-4-11-3-6-14(24-2)13(18)9-11/h3-4,6-7,9H,5,8H2,1-2H3,(H,21,22)(H,19,20,23). The van der Waals surface area contributed by atoms with Gasteiger partial charge in [0.1, 0.15) is 5.82 Å². The minimum absolute atomic E-state index is 0.122. The Bertz CT molecular complexity index is 843. The van der Waals surface area contributed by atoms with Gasteiger partial charge in [0.15, 0.2) is 11.6 Å². The lowest BCUT2D eigenvalue weighted by molar-refractivity contribution is -0.136. The molecule has 2 rings (SSSR count). The van der Waals surface area contributed by atoms with Crippen LogP contribution in [0.3, 0.4) is 0 Å². The van der Waals surface area contributed by atoms with Crippen LogP contribution in [0, 0.1) is 12.7 Å². The SMILES string of the molecule is COc1ccc(C=Cc2nc(C)c(CCC(=O)O)c(=O)[nH]2)cc1F. The van der Waals surface area contributed by atoms with Gasteiger partial charge in [-0.1, -0.05) is 12.1 Å². The summed E-state index contributed by atoms with van der Waals surface area (Å²) in [6.07, 6.45) is 3.15. The Morgan fingerprint density at radius 1 is 1.42 bits per heavy atom. The number of nitrogens with one attached hydrogen (secondary N) is 1. The fourth-order valence-corrected chi connectivity index (χ4v) is 2.20. The third kappa shape index (κ3) is 4.28. The second-order valence-corrected chi connectivity index (χ2v) is 5.14. The Hall–Kier alpha value is -2.96. The van der Waals surface area contributed by atoms with Crippen LogP contribution in [0.25, 0.3) is 12.2 Å². The molecule has 0 saturated heterocycles. The quantitative estimate of drug-likeness (QED) is 0.847. The van der Waals surface area contributed by atoms with E-state index >= 15 is 0 Å². The summed E-state index contributed by atoms with van der Waals surface area (Å²) in [6, 6.07) is 4.48. The Morgan fingerprint density at radius 3 is 2.75 bits per heavy atom. The number of aromatic amines is 1. The highest BCUT2D eigenvalue weighted by Gasteiger charge is 2.09. The Kier molecular flexibility index (Phi) is 5.47. The number of hydrogen-bond donors (Lipinski definition) is 2. The van der Waals surface area contributed by atoms with E-state index in [0.29, 0.717) is 22.6 Å². The molecule has 0 saturated carbocycles. The molecular weight excluding hydrogens is 315 g/mol. The van der Waals surface area contributed by atoms with Crippen LogP contribution < -0.4 is 10.3 Å². The van der Waals surface area contributed by atoms with Gasteiger partial charge in [0.25, 0.3) is 5.56 Å². The summed E-state index contributed by atoms with van der Waals surface area (Å²) in [5.41, 5.74) is 1.04. The molecule has 0 aliphatic carbocycles. The largest absolute Gasteiger partial charge is 0.494 e. The maximum absolute atomic E-state index is 13.6. The molecule has 0 aliphatic heterocycles. The minimum Gasteiger partial charge on any atom is -0.494 e. The molecule has 0 unspecified atom stereocenters. The van der Waals surface area contributed by atoms with Crippen LogP contribution in [-0.2, 0) is 11.2 Å². The highest BCUT2D eigenvalue weighted by molar-refractivity contribution is 5.68. The maximum atomic E-state index is 13.6. The number of rotatable bonds is 6. The second kappa shape index (κ2) is 7.54. The number of nitrogens with zero attached hydrogens (tertiary/aromatic N) is 1. The number of carboxylic acid groups (broad SMARTS) is 1. The lowest BCUT2D eigenvalue weighted by Gasteiger charge is -2.04. The highest BCUT2D eigenvalue weighted by Crippen LogP contribution is 2.18. The number of carboxylic acids is 1. The molecule has 0 fully saturated rings. The normalized spacial score (nSPS) is 11.0. The van der Waals surface area contributed by atoms with Crippen molar-refractivity contribution in [3.05, 3.63) is 57.0 Å². The zero-order valence-electron chi connectivity index (χ0n) is 13.3. The number of aryl methyl sites for hydroxylation is 1. The molecule has 1 aromatic heterocycles. The second-order valence-electron chi connectivity index (χ2n) is 5.14. The first-order chi connectivity index (χ1) is 11.4. The molecule has 0 radical (unpaired) electrons. The van der Waals surface area contributed by atoms with Crippen molar-refractivity contribution in [1.29, 1.82) is 0 Å². The molecule has 24 heavy (non-hydrogen) atoms. The first kappa shape index (κ1) is 17.4. The number of ether oxygens (including phenoxy) is 1. The van der Waals surface area contributed by atoms with Crippen molar-refractivity contribution in [1.82, 2.24) is 9.97 Å². The van der Waals surface area contributed by atoms with E-state index in [1.807, 2.05) is 0 Å². The molecule has 7 heteroatoms. The predicted molar refractivity (Wildman–Crippen MR) is 87.4 cm³/mol. The molecule has 0 amide bonds. The van der Waals surface area contributed by atoms with Crippen LogP contribution in [0.2, 0.25) is 0 Å². The molecule has 1 heterocycles. The van der Waals surface area contributed by atoms with Gasteiger partial charge < -0.3 is 14.8 Å². The predicted octanol–water partition coefficient (Wildman–Crippen LogP) is 2.41. The molecule has 1 aromatic carbocycles. The Labute approximate surface area is 137 Å². The topological polar surface area (TPSA) is 92.3 Å². The van der Waals surface area contributed by atoms with Crippen LogP contribution in [0.15, 0.2) is 23.0 Å². The summed E-state index contributed by atoms with van der Waals surface area (Å²) in [4.78, 5) is 29.4. The number of methoxy groups -OCH3 is 1. The summed E-state index contributed by atoms with van der Waals surface area (Å²) >= 11 is 0. The van der Waals surface area contributed by atoms with Crippen LogP contribution in [0.1, 0.15) is 29.1 Å². The first-order valence-electron chi connectivity index (χ1n) is 7.24. The lowest BCUT2D eigenvalue weighted by Crippen LogP contribution is -2.18. The van der Waals surface area contributed by atoms with Gasteiger partial charge in [-0.3, -0.25) is 9.59 Å². The summed E-state index contributed by atoms with van der Waals surface area (Å²) in [5.74, 6) is -0.995. The van der Waals surface area contributed by atoms with E-state index in [0.717, 1.165) is 0 Å². The third-order valence-electron chi connectivity index (χ3n) is 3.44. The number of aliphatic carboxylic acids is 1. The first-order valence-corrected chi connectivity index (χ1v) is 7.24. The summed E-state index contributed by atoms with van der Waals surface area (Å²) in [6.45, 7) is 1.65. The zero-order valence-corrected chi connectivity index (χ0v) is 13.3. The summed E-state index contributed by atoms with van der Waals surface area (Å²) in [5, 5.41) is 8.70. The third-order valence-corrected chi connectivity index (χ3v) is 3.44. The van der Waals surface area contributed by atoms with E-state index in [1.54, 1.807) is 25.1 Å². The van der Waals surface area contributed by atoms with Crippen molar-refractivity contribution in [2.24, 2.45) is 0 Å². The van der Waals surface area contributed by atoms with Crippen molar-refractivity contribution in [2.75, 3.05) is 7.11 Å². The number of hydrogen-bond acceptors (Lipinski definition) is 4. The van der Waals surface area contributed by atoms with E-state index in [2.05, 4.69) is 9.97 Å². The van der Waals surface area contributed by atoms with Crippen molar-refractivity contribution < 1.29 is 19.0 Å². The molecule has 2 aromatic rings. The number of aromatic nitrogens is 2. The summed E-state index contributed by atoms with van der Waals surface area (Å²) < 4.78 is 18.5. The van der Waals surface area contributed by atoms with Crippen LogP contribution in [0.5, 0.6) is 5.75 Å². The van der Waals surface area contributed by atoms with E-state index in [9.17, 15) is 14.0 Å². The van der Waals surface area contributed by atoms with Gasteiger partial charge in [0.2, 0.25) is 0 Å². The fourth-order valence-electron chi connectivity index (χ4n) is 2.20. The van der Waals surface area contributed by atoms with E-state index < -0.39 is 11.8 Å². The molecule has 0 aliphatic rings. The smallest absolute Gasteiger partial charge is 0.303 e. The van der Waals surface area contributed by atoms with E-state index in [1.165, 1.54) is 19.2 Å². The van der Waals surface area contributed by atoms with Gasteiger partial charge in [0, 0.05) is 17.7 Å². The lowest BCUT2D eigenvalue weighted by atomic mass is 10.1. The fraction of sp³-hybridized carbons (Fsp3) is 0.235. The van der Waals surface area contributed by atoms with Gasteiger partial charge in [-0.2, -0.15) is 0 Å². The van der Waals surface area contributed by atoms with Gasteiger partial charge in [-0.15, -0.1) is 0 Å². The average molecular weight is 332 g/mol. The van der Waals surface area contributed by atoms with Gasteiger partial charge in [-0.05, 0) is 37.1 Å². The number of benzene rings is 1. The van der Waals surface area contributed by atoms with Gasteiger partial charge >= 0.3 is 5.97 Å². The maximum Gasteiger partial charge on any atom is 0.303 e. The van der Waals surface area contributed by atoms with Gasteiger partial charge in [-0.25, -0.2) is 9.37 Å². The Morgan fingerprint density at radius 2 is 2.17 bits per heavy atom. The molecular formula is C17H17FN2O4. The molecule has 2 N–H and O–H groups in total. The number of halogens is 1.